The maximum Gasteiger partial charge on any atom is 0.256 e. The molecule has 5 nitrogen and oxygen atoms in total. The average Bonchev–Trinajstić information content (AvgIpc) is 2.71. The zero-order valence-electron chi connectivity index (χ0n) is 19.7. The molecule has 0 aliphatic carbocycles. The van der Waals surface area contributed by atoms with Crippen molar-refractivity contribution in [2.24, 2.45) is 11.8 Å². The van der Waals surface area contributed by atoms with Gasteiger partial charge in [0.1, 0.15) is 11.4 Å². The minimum atomic E-state index is -0.814. The number of nitrogens with zero attached hydrogens (tertiary/aromatic N) is 1. The van der Waals surface area contributed by atoms with Crippen LogP contribution < -0.4 is 10.1 Å². The average molecular weight is 419 g/mol. The molecule has 2 rings (SSSR count). The van der Waals surface area contributed by atoms with Gasteiger partial charge in [0.05, 0.1) is 6.61 Å². The minimum Gasteiger partial charge on any atom is -0.494 e. The van der Waals surface area contributed by atoms with Gasteiger partial charge < -0.3 is 19.7 Å². The van der Waals surface area contributed by atoms with E-state index in [2.05, 4.69) is 37.9 Å². The lowest BCUT2D eigenvalue weighted by molar-refractivity contribution is -0.141. The van der Waals surface area contributed by atoms with E-state index in [1.54, 1.807) is 0 Å². The fourth-order valence-electron chi connectivity index (χ4n) is 3.99. The van der Waals surface area contributed by atoms with E-state index >= 15 is 0 Å². The maximum atomic E-state index is 12.9. The van der Waals surface area contributed by atoms with Crippen LogP contribution in [0.15, 0.2) is 24.3 Å². The Morgan fingerprint density at radius 2 is 1.87 bits per heavy atom. The van der Waals surface area contributed by atoms with Crippen molar-refractivity contribution in [2.75, 3.05) is 38.2 Å². The number of amides is 1. The summed E-state index contributed by atoms with van der Waals surface area (Å²) in [5.74, 6) is 2.00. The first-order valence-electron chi connectivity index (χ1n) is 11.7. The summed E-state index contributed by atoms with van der Waals surface area (Å²) < 4.78 is 11.8. The van der Waals surface area contributed by atoms with Crippen molar-refractivity contribution >= 4 is 11.6 Å². The highest BCUT2D eigenvalue weighted by Gasteiger charge is 2.34. The van der Waals surface area contributed by atoms with Crippen molar-refractivity contribution in [1.82, 2.24) is 4.90 Å². The molecule has 1 saturated heterocycles. The Morgan fingerprint density at radius 3 is 2.47 bits per heavy atom. The highest BCUT2D eigenvalue weighted by molar-refractivity contribution is 5.97. The second-order valence-corrected chi connectivity index (χ2v) is 9.38. The molecule has 0 spiro atoms. The number of hydrogen-bond acceptors (Lipinski definition) is 4. The van der Waals surface area contributed by atoms with Crippen LogP contribution in [0.5, 0.6) is 5.75 Å². The van der Waals surface area contributed by atoms with Gasteiger partial charge >= 0.3 is 0 Å². The normalized spacial score (nSPS) is 17.7. The molecule has 1 aliphatic rings. The number of piperidine rings is 1. The molecule has 0 aromatic heterocycles. The summed E-state index contributed by atoms with van der Waals surface area (Å²) in [7, 11) is 0. The topological polar surface area (TPSA) is 50.8 Å². The highest BCUT2D eigenvalue weighted by Crippen LogP contribution is 2.25. The molecule has 0 bridgehead atoms. The molecule has 1 amide bonds. The monoisotopic (exact) mass is 418 g/mol. The predicted octanol–water partition coefficient (Wildman–Crippen LogP) is 5.36. The number of carbonyl (C=O) groups is 1. The number of rotatable bonds is 12. The molecule has 0 radical (unpaired) electrons. The van der Waals surface area contributed by atoms with E-state index in [-0.39, 0.29) is 5.91 Å². The first kappa shape index (κ1) is 24.7. The third-order valence-electron chi connectivity index (χ3n) is 5.78. The van der Waals surface area contributed by atoms with E-state index in [1.807, 2.05) is 31.2 Å². The third-order valence-corrected chi connectivity index (χ3v) is 5.78. The molecule has 1 fully saturated rings. The van der Waals surface area contributed by atoms with Crippen molar-refractivity contribution in [3.63, 3.8) is 0 Å². The molecule has 1 N–H and O–H groups in total. The number of hydrogen-bond donors (Lipinski definition) is 1. The fourth-order valence-corrected chi connectivity index (χ4v) is 3.99. The molecule has 1 atom stereocenters. The summed E-state index contributed by atoms with van der Waals surface area (Å²) in [6, 6.07) is 7.64. The maximum absolute atomic E-state index is 12.9. The van der Waals surface area contributed by atoms with Crippen molar-refractivity contribution in [3.05, 3.63) is 24.3 Å². The molecule has 0 saturated carbocycles. The quantitative estimate of drug-likeness (QED) is 0.465. The summed E-state index contributed by atoms with van der Waals surface area (Å²) >= 11 is 0. The van der Waals surface area contributed by atoms with Gasteiger partial charge in [-0.1, -0.05) is 27.7 Å². The van der Waals surface area contributed by atoms with Gasteiger partial charge in [-0.15, -0.1) is 0 Å². The summed E-state index contributed by atoms with van der Waals surface area (Å²) in [4.78, 5) is 15.4. The molecule has 1 aromatic rings. The Hall–Kier alpha value is -1.59. The number of ether oxygens (including phenoxy) is 2. The van der Waals surface area contributed by atoms with Gasteiger partial charge in [-0.2, -0.15) is 0 Å². The van der Waals surface area contributed by atoms with Gasteiger partial charge in [0.15, 0.2) is 0 Å². The number of benzene rings is 1. The van der Waals surface area contributed by atoms with Gasteiger partial charge in [0.25, 0.3) is 5.91 Å². The largest absolute Gasteiger partial charge is 0.494 e. The van der Waals surface area contributed by atoms with Crippen LogP contribution in [-0.2, 0) is 9.53 Å². The van der Waals surface area contributed by atoms with Crippen LogP contribution in [0.3, 0.4) is 0 Å². The molecular formula is C25H42N2O3. The zero-order valence-corrected chi connectivity index (χ0v) is 19.7. The lowest BCUT2D eigenvalue weighted by Gasteiger charge is -2.30. The lowest BCUT2D eigenvalue weighted by Crippen LogP contribution is -2.44. The zero-order chi connectivity index (χ0) is 22.0. The summed E-state index contributed by atoms with van der Waals surface area (Å²) in [6.07, 6.45) is 5.25. The Kier molecular flexibility index (Phi) is 10.1. The Morgan fingerprint density at radius 1 is 1.20 bits per heavy atom. The fraction of sp³-hybridized carbons (Fsp3) is 0.720. The van der Waals surface area contributed by atoms with E-state index in [1.165, 1.54) is 25.9 Å². The Balaban J connectivity index is 1.77. The van der Waals surface area contributed by atoms with Crippen LogP contribution in [0, 0.1) is 11.8 Å². The number of nitrogens with one attached hydrogen (secondary N) is 1. The standard InChI is InChI=1S/C25H42N2O3/c1-6-17-30-25(5,19-20(2)3)24(28)26-22-8-10-23(11-9-22)29-18-7-14-27-15-12-21(4)13-16-27/h8-11,20-21H,6-7,12-19H2,1-5H3,(H,26,28)/t25-/m1/s1. The van der Waals surface area contributed by atoms with Gasteiger partial charge in [0.2, 0.25) is 0 Å². The number of anilines is 1. The van der Waals surface area contributed by atoms with Crippen molar-refractivity contribution < 1.29 is 14.3 Å². The molecular weight excluding hydrogens is 376 g/mol. The molecule has 1 aliphatic heterocycles. The van der Waals surface area contributed by atoms with Gasteiger partial charge in [-0.05, 0) is 88.2 Å². The SMILES string of the molecule is CCCO[C@](C)(CC(C)C)C(=O)Nc1ccc(OCCCN2CCC(C)CC2)cc1. The third kappa shape index (κ3) is 8.27. The van der Waals surface area contributed by atoms with Gasteiger partial charge in [0, 0.05) is 18.8 Å². The van der Waals surface area contributed by atoms with Gasteiger partial charge in [-0.25, -0.2) is 0 Å². The van der Waals surface area contributed by atoms with Crippen molar-refractivity contribution in [2.45, 2.75) is 72.3 Å². The van der Waals surface area contributed by atoms with Crippen LogP contribution in [0.4, 0.5) is 5.69 Å². The minimum absolute atomic E-state index is 0.0887. The first-order valence-corrected chi connectivity index (χ1v) is 11.7. The lowest BCUT2D eigenvalue weighted by atomic mass is 9.93. The van der Waals surface area contributed by atoms with E-state index < -0.39 is 5.60 Å². The Bertz CT molecular complexity index is 624. The summed E-state index contributed by atoms with van der Waals surface area (Å²) in [5, 5.41) is 3.01. The highest BCUT2D eigenvalue weighted by atomic mass is 16.5. The summed E-state index contributed by atoms with van der Waals surface area (Å²) in [6.45, 7) is 15.3. The van der Waals surface area contributed by atoms with Gasteiger partial charge in [-0.3, -0.25) is 4.79 Å². The molecule has 5 heteroatoms. The van der Waals surface area contributed by atoms with E-state index in [0.29, 0.717) is 18.9 Å². The Labute approximate surface area is 183 Å². The van der Waals surface area contributed by atoms with Crippen LogP contribution in [-0.4, -0.2) is 49.3 Å². The van der Waals surface area contributed by atoms with E-state index in [9.17, 15) is 4.79 Å². The predicted molar refractivity (Wildman–Crippen MR) is 124 cm³/mol. The molecule has 1 heterocycles. The molecule has 1 aromatic carbocycles. The number of likely N-dealkylation sites (tertiary alicyclic amines) is 1. The van der Waals surface area contributed by atoms with Crippen LogP contribution in [0.2, 0.25) is 0 Å². The van der Waals surface area contributed by atoms with Crippen molar-refractivity contribution in [3.8, 4) is 5.75 Å². The van der Waals surface area contributed by atoms with E-state index in [0.717, 1.165) is 43.3 Å². The smallest absolute Gasteiger partial charge is 0.256 e. The first-order chi connectivity index (χ1) is 14.3. The molecule has 0 unspecified atom stereocenters. The van der Waals surface area contributed by atoms with Crippen molar-refractivity contribution in [1.29, 1.82) is 0 Å². The van der Waals surface area contributed by atoms with Crippen LogP contribution in [0.25, 0.3) is 0 Å². The van der Waals surface area contributed by atoms with Crippen LogP contribution in [0.1, 0.15) is 66.7 Å². The van der Waals surface area contributed by atoms with Crippen LogP contribution >= 0.6 is 0 Å². The van der Waals surface area contributed by atoms with E-state index in [4.69, 9.17) is 9.47 Å². The number of carbonyl (C=O) groups excluding carboxylic acids is 1. The second kappa shape index (κ2) is 12.3. The molecule has 170 valence electrons. The summed E-state index contributed by atoms with van der Waals surface area (Å²) in [5.41, 5.74) is -0.0455. The second-order valence-electron chi connectivity index (χ2n) is 9.38. The molecule has 30 heavy (non-hydrogen) atoms.